The van der Waals surface area contributed by atoms with E-state index in [9.17, 15) is 4.79 Å². The van der Waals surface area contributed by atoms with Gasteiger partial charge >= 0.3 is 0 Å². The van der Waals surface area contributed by atoms with Crippen LogP contribution in [0, 0.1) is 0 Å². The monoisotopic (exact) mass is 127 g/mol. The summed E-state index contributed by atoms with van der Waals surface area (Å²) in [5.41, 5.74) is -0.0417. The Balaban J connectivity index is 3.08. The lowest BCUT2D eigenvalue weighted by molar-refractivity contribution is 0.619. The Kier molecular flexibility index (Phi) is 1.30. The van der Waals surface area contributed by atoms with Crippen molar-refractivity contribution in [2.45, 2.75) is 0 Å². The second kappa shape index (κ2) is 1.97. The van der Waals surface area contributed by atoms with Crippen LogP contribution in [-0.2, 0) is 0 Å². The van der Waals surface area contributed by atoms with Crippen LogP contribution >= 0.6 is 0 Å². The van der Waals surface area contributed by atoms with E-state index >= 15 is 0 Å². The number of hydrogen-bond donors (Lipinski definition) is 1. The van der Waals surface area contributed by atoms with E-state index in [2.05, 4.69) is 5.10 Å². The Morgan fingerprint density at radius 3 is 2.56 bits per heavy atom. The van der Waals surface area contributed by atoms with Gasteiger partial charge in [0, 0.05) is 26.4 Å². The van der Waals surface area contributed by atoms with Crippen molar-refractivity contribution < 1.29 is 0 Å². The Labute approximate surface area is 52.7 Å². The Morgan fingerprint density at radius 2 is 2.33 bits per heavy atom. The first kappa shape index (κ1) is 5.94. The lowest BCUT2D eigenvalue weighted by Gasteiger charge is -2.10. The zero-order chi connectivity index (χ0) is 6.85. The van der Waals surface area contributed by atoms with E-state index in [-0.39, 0.29) is 5.56 Å². The fourth-order valence-electron chi connectivity index (χ4n) is 0.626. The Morgan fingerprint density at radius 1 is 1.67 bits per heavy atom. The van der Waals surface area contributed by atoms with Crippen LogP contribution in [0.5, 0.6) is 0 Å². The quantitative estimate of drug-likeness (QED) is 0.546. The maximum Gasteiger partial charge on any atom is 0.285 e. The molecule has 1 heterocycles. The van der Waals surface area contributed by atoms with Gasteiger partial charge < -0.3 is 5.01 Å². The summed E-state index contributed by atoms with van der Waals surface area (Å²) in [6.07, 6.45) is 1.60. The van der Waals surface area contributed by atoms with Gasteiger partial charge in [-0.15, -0.1) is 0 Å². The van der Waals surface area contributed by atoms with Crippen molar-refractivity contribution in [3.05, 3.63) is 22.6 Å². The van der Waals surface area contributed by atoms with Crippen molar-refractivity contribution in [3.63, 3.8) is 0 Å². The summed E-state index contributed by atoms with van der Waals surface area (Å²) in [6, 6.07) is 1.47. The summed E-state index contributed by atoms with van der Waals surface area (Å²) in [6.45, 7) is 0. The molecule has 0 radical (unpaired) electrons. The van der Waals surface area contributed by atoms with Crippen molar-refractivity contribution in [1.82, 2.24) is 9.89 Å². The summed E-state index contributed by atoms with van der Waals surface area (Å²) in [5.74, 6) is 0. The molecule has 0 bridgehead atoms. The highest BCUT2D eigenvalue weighted by atomic mass is 16.1. The lowest BCUT2D eigenvalue weighted by atomic mass is 10.7. The fourth-order valence-corrected chi connectivity index (χ4v) is 0.626. The smallest absolute Gasteiger partial charge is 0.285 e. The molecule has 0 atom stereocenters. The molecule has 0 saturated heterocycles. The van der Waals surface area contributed by atoms with Gasteiger partial charge in [0.05, 0.1) is 0 Å². The second-order valence-corrected chi connectivity index (χ2v) is 1.96. The van der Waals surface area contributed by atoms with Crippen molar-refractivity contribution in [2.75, 3.05) is 19.1 Å². The SMILES string of the molecule is CN(C)n1[nH]ccc1=O. The molecule has 4 heteroatoms. The highest BCUT2D eigenvalue weighted by Crippen LogP contribution is 1.71. The summed E-state index contributed by atoms with van der Waals surface area (Å²) >= 11 is 0. The van der Waals surface area contributed by atoms with Gasteiger partial charge in [-0.25, -0.2) is 0 Å². The van der Waals surface area contributed by atoms with E-state index in [0.29, 0.717) is 0 Å². The van der Waals surface area contributed by atoms with E-state index in [0.717, 1.165) is 0 Å². The number of aromatic amines is 1. The molecular formula is C5H9N3O. The molecule has 1 rings (SSSR count). The molecule has 0 saturated carbocycles. The number of aromatic nitrogens is 2. The third kappa shape index (κ3) is 0.960. The van der Waals surface area contributed by atoms with E-state index in [1.807, 2.05) is 0 Å². The predicted octanol–water partition coefficient (Wildman–Crippen LogP) is -0.626. The number of hydrogen-bond acceptors (Lipinski definition) is 2. The molecule has 0 fully saturated rings. The summed E-state index contributed by atoms with van der Waals surface area (Å²) in [4.78, 5) is 12.2. The standard InChI is InChI=1S/C5H9N3O/c1-7(2)8-5(9)3-4-6-8/h3-4,6H,1-2H3. The number of rotatable bonds is 1. The molecule has 1 N–H and O–H groups in total. The largest absolute Gasteiger partial charge is 0.301 e. The number of nitrogens with zero attached hydrogens (tertiary/aromatic N) is 2. The Bertz CT molecular complexity index is 234. The first-order chi connectivity index (χ1) is 4.22. The zero-order valence-corrected chi connectivity index (χ0v) is 5.46. The minimum absolute atomic E-state index is 0.0417. The molecule has 50 valence electrons. The highest BCUT2D eigenvalue weighted by Gasteiger charge is 1.93. The van der Waals surface area contributed by atoms with Crippen molar-refractivity contribution in [3.8, 4) is 0 Å². The predicted molar refractivity (Wildman–Crippen MR) is 35.1 cm³/mol. The van der Waals surface area contributed by atoms with Crippen LogP contribution in [0.2, 0.25) is 0 Å². The van der Waals surface area contributed by atoms with Crippen LogP contribution in [-0.4, -0.2) is 24.0 Å². The van der Waals surface area contributed by atoms with E-state index in [4.69, 9.17) is 0 Å². The van der Waals surface area contributed by atoms with E-state index in [1.54, 1.807) is 25.3 Å². The van der Waals surface area contributed by atoms with Gasteiger partial charge in [0.15, 0.2) is 0 Å². The molecule has 4 nitrogen and oxygen atoms in total. The third-order valence-electron chi connectivity index (χ3n) is 1.03. The van der Waals surface area contributed by atoms with E-state index < -0.39 is 0 Å². The minimum atomic E-state index is -0.0417. The topological polar surface area (TPSA) is 41.0 Å². The summed E-state index contributed by atoms with van der Waals surface area (Å²) < 4.78 is 0. The molecular weight excluding hydrogens is 118 g/mol. The van der Waals surface area contributed by atoms with Crippen LogP contribution in [0.4, 0.5) is 0 Å². The fraction of sp³-hybridized carbons (Fsp3) is 0.400. The van der Waals surface area contributed by atoms with Crippen LogP contribution in [0.3, 0.4) is 0 Å². The maximum atomic E-state index is 10.8. The van der Waals surface area contributed by atoms with Gasteiger partial charge in [0.1, 0.15) is 0 Å². The molecule has 0 aliphatic carbocycles. The maximum absolute atomic E-state index is 10.8. The highest BCUT2D eigenvalue weighted by molar-refractivity contribution is 4.84. The average molecular weight is 127 g/mol. The summed E-state index contributed by atoms with van der Waals surface area (Å²) in [5, 5.41) is 4.40. The van der Waals surface area contributed by atoms with Gasteiger partial charge in [-0.05, 0) is 0 Å². The first-order valence-electron chi connectivity index (χ1n) is 2.66. The minimum Gasteiger partial charge on any atom is -0.301 e. The van der Waals surface area contributed by atoms with Crippen LogP contribution in [0.15, 0.2) is 17.1 Å². The van der Waals surface area contributed by atoms with Gasteiger partial charge in [-0.1, -0.05) is 0 Å². The number of nitrogens with one attached hydrogen (secondary N) is 1. The molecule has 9 heavy (non-hydrogen) atoms. The Hall–Kier alpha value is -1.19. The zero-order valence-electron chi connectivity index (χ0n) is 5.46. The number of H-pyrrole nitrogens is 1. The molecule has 1 aromatic heterocycles. The lowest BCUT2D eigenvalue weighted by Crippen LogP contribution is -2.34. The summed E-state index contributed by atoms with van der Waals surface area (Å²) in [7, 11) is 3.58. The molecule has 0 unspecified atom stereocenters. The molecule has 0 aliphatic rings. The van der Waals surface area contributed by atoms with Crippen LogP contribution in [0.25, 0.3) is 0 Å². The van der Waals surface area contributed by atoms with Gasteiger partial charge in [0.2, 0.25) is 0 Å². The van der Waals surface area contributed by atoms with Gasteiger partial charge in [-0.3, -0.25) is 9.89 Å². The van der Waals surface area contributed by atoms with Crippen molar-refractivity contribution in [2.24, 2.45) is 0 Å². The second-order valence-electron chi connectivity index (χ2n) is 1.96. The van der Waals surface area contributed by atoms with Gasteiger partial charge in [0.25, 0.3) is 5.56 Å². The normalized spacial score (nSPS) is 9.56. The van der Waals surface area contributed by atoms with Gasteiger partial charge in [-0.2, -0.15) is 4.79 Å². The third-order valence-corrected chi connectivity index (χ3v) is 1.03. The van der Waals surface area contributed by atoms with Crippen LogP contribution < -0.4 is 10.6 Å². The molecule has 0 aromatic carbocycles. The van der Waals surface area contributed by atoms with E-state index in [1.165, 1.54) is 10.9 Å². The van der Waals surface area contributed by atoms with Crippen LogP contribution in [0.1, 0.15) is 0 Å². The van der Waals surface area contributed by atoms with Crippen molar-refractivity contribution in [1.29, 1.82) is 0 Å². The molecule has 0 spiro atoms. The first-order valence-corrected chi connectivity index (χ1v) is 2.66. The molecule has 1 aromatic rings. The molecule has 0 amide bonds. The van der Waals surface area contributed by atoms with Crippen molar-refractivity contribution >= 4 is 0 Å². The average Bonchev–Trinajstić information content (AvgIpc) is 2.13. The molecule has 0 aliphatic heterocycles.